The fourth-order valence-corrected chi connectivity index (χ4v) is 5.24. The van der Waals surface area contributed by atoms with Crippen LogP contribution in [-0.4, -0.2) is 28.5 Å². The van der Waals surface area contributed by atoms with Crippen molar-refractivity contribution in [1.29, 1.82) is 0 Å². The molecule has 0 aliphatic heterocycles. The molecule has 0 saturated heterocycles. The second kappa shape index (κ2) is 13.3. The van der Waals surface area contributed by atoms with Crippen molar-refractivity contribution in [2.24, 2.45) is 0 Å². The third-order valence-corrected chi connectivity index (χ3v) is 7.45. The lowest BCUT2D eigenvalue weighted by Gasteiger charge is -2.23. The van der Waals surface area contributed by atoms with Gasteiger partial charge >= 0.3 is 5.97 Å². The van der Waals surface area contributed by atoms with Gasteiger partial charge in [0.15, 0.2) is 5.13 Å². The van der Waals surface area contributed by atoms with Crippen molar-refractivity contribution < 1.29 is 14.7 Å². The Kier molecular flexibility index (Phi) is 9.67. The van der Waals surface area contributed by atoms with Gasteiger partial charge in [-0.1, -0.05) is 65.7 Å². The first-order valence-electron chi connectivity index (χ1n) is 12.6. The summed E-state index contributed by atoms with van der Waals surface area (Å²) in [4.78, 5) is 30.2. The monoisotopic (exact) mass is 591 g/mol. The van der Waals surface area contributed by atoms with Crippen molar-refractivity contribution in [3.05, 3.63) is 99.3 Å². The fourth-order valence-electron chi connectivity index (χ4n) is 3.99. The second-order valence-corrected chi connectivity index (χ2v) is 10.7. The van der Waals surface area contributed by atoms with E-state index >= 15 is 0 Å². The summed E-state index contributed by atoms with van der Waals surface area (Å²) in [5, 5.41) is 14.4. The molecule has 1 aromatic heterocycles. The quantitative estimate of drug-likeness (QED) is 0.179. The molecule has 8 heteroatoms. The number of hydrogen-bond acceptors (Lipinski definition) is 5. The van der Waals surface area contributed by atoms with Crippen LogP contribution in [0.25, 0.3) is 11.3 Å². The number of nitrogens with one attached hydrogen (secondary N) is 1. The van der Waals surface area contributed by atoms with Gasteiger partial charge in [-0.05, 0) is 60.4 Å². The van der Waals surface area contributed by atoms with Crippen molar-refractivity contribution in [3.8, 4) is 11.3 Å². The van der Waals surface area contributed by atoms with Crippen LogP contribution < -0.4 is 10.2 Å². The zero-order chi connectivity index (χ0) is 26.9. The van der Waals surface area contributed by atoms with E-state index in [1.807, 2.05) is 24.3 Å². The molecular weight excluding hydrogens is 562 g/mol. The van der Waals surface area contributed by atoms with Crippen LogP contribution in [0.4, 0.5) is 10.8 Å². The Labute approximate surface area is 235 Å². The van der Waals surface area contributed by atoms with E-state index in [0.29, 0.717) is 12.1 Å². The van der Waals surface area contributed by atoms with E-state index in [1.165, 1.54) is 18.4 Å². The maximum absolute atomic E-state index is 12.3. The van der Waals surface area contributed by atoms with Crippen molar-refractivity contribution in [1.82, 2.24) is 10.3 Å². The summed E-state index contributed by atoms with van der Waals surface area (Å²) < 4.78 is 1.01. The highest BCUT2D eigenvalue weighted by molar-refractivity contribution is 9.10. The molecule has 0 saturated carbocycles. The lowest BCUT2D eigenvalue weighted by Crippen LogP contribution is -2.26. The fraction of sp³-hybridized carbons (Fsp3) is 0.233. The van der Waals surface area contributed by atoms with Crippen LogP contribution in [0, 0.1) is 0 Å². The number of carboxylic acid groups (broad SMARTS) is 1. The molecule has 0 bridgehead atoms. The number of hydrogen-bond donors (Lipinski definition) is 2. The Morgan fingerprint density at radius 1 is 1.03 bits per heavy atom. The number of carbonyl (C=O) groups is 2. The molecule has 6 nitrogen and oxygen atoms in total. The molecule has 0 atom stereocenters. The van der Waals surface area contributed by atoms with E-state index in [0.717, 1.165) is 38.5 Å². The normalized spacial score (nSPS) is 10.8. The summed E-state index contributed by atoms with van der Waals surface area (Å²) in [7, 11) is 0. The number of thiazole rings is 1. The predicted octanol–water partition coefficient (Wildman–Crippen LogP) is 7.46. The lowest BCUT2D eigenvalue weighted by atomic mass is 10.1. The van der Waals surface area contributed by atoms with E-state index in [1.54, 1.807) is 23.5 Å². The summed E-state index contributed by atoms with van der Waals surface area (Å²) in [6.45, 7) is 2.88. The zero-order valence-electron chi connectivity index (χ0n) is 21.2. The Morgan fingerprint density at radius 2 is 1.76 bits per heavy atom. The van der Waals surface area contributed by atoms with E-state index < -0.39 is 5.97 Å². The largest absolute Gasteiger partial charge is 0.481 e. The lowest BCUT2D eigenvalue weighted by molar-refractivity contribution is -0.136. The van der Waals surface area contributed by atoms with Crippen LogP contribution >= 0.6 is 27.3 Å². The Balaban J connectivity index is 1.57. The highest BCUT2D eigenvalue weighted by Gasteiger charge is 2.16. The van der Waals surface area contributed by atoms with Crippen molar-refractivity contribution in [2.45, 2.75) is 39.2 Å². The van der Waals surface area contributed by atoms with Crippen LogP contribution in [-0.2, 0) is 17.8 Å². The molecule has 3 aromatic carbocycles. The number of anilines is 2. The molecule has 1 amide bonds. The first-order valence-corrected chi connectivity index (χ1v) is 14.3. The van der Waals surface area contributed by atoms with Gasteiger partial charge in [-0.2, -0.15) is 0 Å². The molecule has 0 aliphatic carbocycles. The molecule has 0 spiro atoms. The number of benzene rings is 3. The number of nitrogens with zero attached hydrogens (tertiary/aromatic N) is 2. The van der Waals surface area contributed by atoms with Gasteiger partial charge in [0.1, 0.15) is 0 Å². The first kappa shape index (κ1) is 27.5. The van der Waals surface area contributed by atoms with Crippen LogP contribution in [0.1, 0.15) is 47.7 Å². The topological polar surface area (TPSA) is 82.5 Å². The average Bonchev–Trinajstić information content (AvgIpc) is 3.41. The summed E-state index contributed by atoms with van der Waals surface area (Å²) in [6, 6.07) is 24.2. The van der Waals surface area contributed by atoms with E-state index in [-0.39, 0.29) is 18.9 Å². The van der Waals surface area contributed by atoms with E-state index in [4.69, 9.17) is 10.1 Å². The molecule has 38 heavy (non-hydrogen) atoms. The molecule has 196 valence electrons. The minimum absolute atomic E-state index is 0.0995. The van der Waals surface area contributed by atoms with Crippen LogP contribution in [0.2, 0.25) is 0 Å². The number of amides is 1. The van der Waals surface area contributed by atoms with Gasteiger partial charge in [-0.25, -0.2) is 4.98 Å². The Hall–Kier alpha value is -3.49. The summed E-state index contributed by atoms with van der Waals surface area (Å²) in [5.41, 5.74) is 5.87. The first-order chi connectivity index (χ1) is 18.4. The maximum Gasteiger partial charge on any atom is 0.305 e. The highest BCUT2D eigenvalue weighted by atomic mass is 79.9. The third kappa shape index (κ3) is 7.52. The maximum atomic E-state index is 12.3. The van der Waals surface area contributed by atoms with Crippen molar-refractivity contribution >= 4 is 50.0 Å². The van der Waals surface area contributed by atoms with Crippen molar-refractivity contribution in [3.63, 3.8) is 0 Å². The van der Waals surface area contributed by atoms with Gasteiger partial charge in [0.25, 0.3) is 5.91 Å². The number of aryl methyl sites for hydroxylation is 1. The van der Waals surface area contributed by atoms with Gasteiger partial charge in [0.05, 0.1) is 18.7 Å². The number of halogens is 1. The highest BCUT2D eigenvalue weighted by Crippen LogP contribution is 2.34. The average molecular weight is 593 g/mol. The Morgan fingerprint density at radius 3 is 2.45 bits per heavy atom. The van der Waals surface area contributed by atoms with Crippen LogP contribution in [0.5, 0.6) is 0 Å². The second-order valence-electron chi connectivity index (χ2n) is 8.98. The molecule has 4 rings (SSSR count). The molecule has 0 radical (unpaired) electrons. The predicted molar refractivity (Wildman–Crippen MR) is 157 cm³/mol. The molecule has 1 heterocycles. The molecule has 4 aromatic rings. The number of aliphatic carboxylic acids is 1. The number of aromatic nitrogens is 1. The molecule has 0 unspecified atom stereocenters. The Bertz CT molecular complexity index is 1370. The van der Waals surface area contributed by atoms with Crippen LogP contribution in [0.3, 0.4) is 0 Å². The number of carbonyl (C=O) groups excluding carboxylic acids is 1. The standard InChI is InChI=1S/C30H30BrN3O3S/c1-2-3-5-21-10-14-26(15-11-21)34(30-33-27(20-38-30)24-6-4-7-25(31)18-24)19-22-8-12-23(13-9-22)29(37)32-17-16-28(35)36/h4,6-15,18,20H,2-3,5,16-17,19H2,1H3,(H,32,37)(H,35,36). The number of rotatable bonds is 12. The van der Waals surface area contributed by atoms with Gasteiger partial charge < -0.3 is 15.3 Å². The number of unbranched alkanes of at least 4 members (excludes halogenated alkanes) is 1. The molecule has 2 N–H and O–H groups in total. The van der Waals surface area contributed by atoms with Gasteiger partial charge in [-0.3, -0.25) is 9.59 Å². The molecule has 0 aliphatic rings. The minimum atomic E-state index is -0.940. The molecule has 0 fully saturated rings. The number of carboxylic acids is 1. The summed E-state index contributed by atoms with van der Waals surface area (Å²) >= 11 is 5.14. The van der Waals surface area contributed by atoms with Gasteiger partial charge in [0.2, 0.25) is 0 Å². The zero-order valence-corrected chi connectivity index (χ0v) is 23.6. The third-order valence-electron chi connectivity index (χ3n) is 6.09. The van der Waals surface area contributed by atoms with Crippen LogP contribution in [0.15, 0.2) is 82.6 Å². The molecular formula is C30H30BrN3O3S. The summed E-state index contributed by atoms with van der Waals surface area (Å²) in [5.74, 6) is -1.22. The van der Waals surface area contributed by atoms with E-state index in [2.05, 4.69) is 74.8 Å². The van der Waals surface area contributed by atoms with Gasteiger partial charge in [-0.15, -0.1) is 11.3 Å². The van der Waals surface area contributed by atoms with Crippen molar-refractivity contribution in [2.75, 3.05) is 11.4 Å². The smallest absolute Gasteiger partial charge is 0.305 e. The minimum Gasteiger partial charge on any atom is -0.481 e. The SMILES string of the molecule is CCCCc1ccc(N(Cc2ccc(C(=O)NCCC(=O)O)cc2)c2nc(-c3cccc(Br)c3)cs2)cc1. The van der Waals surface area contributed by atoms with E-state index in [9.17, 15) is 9.59 Å². The summed E-state index contributed by atoms with van der Waals surface area (Å²) in [6.07, 6.45) is 3.30. The van der Waals surface area contributed by atoms with Gasteiger partial charge in [0, 0.05) is 33.2 Å².